The summed E-state index contributed by atoms with van der Waals surface area (Å²) < 4.78 is 0. The van der Waals surface area contributed by atoms with Gasteiger partial charge in [0.05, 0.1) is 6.54 Å². The van der Waals surface area contributed by atoms with Crippen molar-refractivity contribution < 1.29 is 0 Å². The third-order valence-corrected chi connectivity index (χ3v) is 1.95. The fraction of sp³-hybridized carbons (Fsp3) is 0.714. The van der Waals surface area contributed by atoms with Crippen molar-refractivity contribution in [3.8, 4) is 0 Å². The van der Waals surface area contributed by atoms with Crippen LogP contribution in [0.1, 0.15) is 0 Å². The van der Waals surface area contributed by atoms with Gasteiger partial charge in [0.25, 0.3) is 0 Å². The highest BCUT2D eigenvalue weighted by atomic mass is 15.4. The summed E-state index contributed by atoms with van der Waals surface area (Å²) in [4.78, 5) is 2.25. The van der Waals surface area contributed by atoms with Crippen LogP contribution in [0.25, 0.3) is 0 Å². The minimum absolute atomic E-state index is 0.650. The van der Waals surface area contributed by atoms with Crippen molar-refractivity contribution >= 4 is 12.6 Å². The largest absolute Gasteiger partial charge is 0.321 e. The van der Waals surface area contributed by atoms with E-state index >= 15 is 0 Å². The lowest BCUT2D eigenvalue weighted by atomic mass is 10.3. The monoisotopic (exact) mass is 184 g/mol. The molecule has 0 aromatic heterocycles. The van der Waals surface area contributed by atoms with E-state index in [1.165, 1.54) is 0 Å². The van der Waals surface area contributed by atoms with Crippen molar-refractivity contribution in [1.82, 2.24) is 15.6 Å². The molecular weight excluding hydrogens is 168 g/mol. The second kappa shape index (κ2) is 5.50. The van der Waals surface area contributed by atoms with E-state index in [4.69, 9.17) is 5.84 Å². The van der Waals surface area contributed by atoms with Gasteiger partial charge in [0, 0.05) is 32.9 Å². The van der Waals surface area contributed by atoms with Crippen LogP contribution >= 0.6 is 0 Å². The topological polar surface area (TPSA) is 78.0 Å². The molecule has 0 atom stereocenters. The van der Waals surface area contributed by atoms with E-state index in [9.17, 15) is 0 Å². The SMILES string of the molecule is C=NNC(CN1CCNCC1)=NN. The predicted molar refractivity (Wildman–Crippen MR) is 53.6 cm³/mol. The average Bonchev–Trinajstić information content (AvgIpc) is 2.19. The Bertz CT molecular complexity index is 183. The van der Waals surface area contributed by atoms with Gasteiger partial charge in [0.2, 0.25) is 0 Å². The van der Waals surface area contributed by atoms with Gasteiger partial charge in [-0.15, -0.1) is 0 Å². The zero-order chi connectivity index (χ0) is 9.52. The van der Waals surface area contributed by atoms with Crippen molar-refractivity contribution in [2.75, 3.05) is 32.7 Å². The Morgan fingerprint density at radius 3 is 2.77 bits per heavy atom. The third-order valence-electron chi connectivity index (χ3n) is 1.95. The van der Waals surface area contributed by atoms with Crippen molar-refractivity contribution in [3.63, 3.8) is 0 Å². The molecule has 1 rings (SSSR count). The molecule has 0 amide bonds. The molecule has 13 heavy (non-hydrogen) atoms. The van der Waals surface area contributed by atoms with E-state index in [0.717, 1.165) is 26.2 Å². The highest BCUT2D eigenvalue weighted by Gasteiger charge is 2.11. The number of amidine groups is 1. The number of nitrogens with two attached hydrogens (primary N) is 1. The molecule has 0 radical (unpaired) electrons. The summed E-state index contributed by atoms with van der Waals surface area (Å²) in [5.74, 6) is 5.82. The van der Waals surface area contributed by atoms with Crippen LogP contribution in [0.15, 0.2) is 10.2 Å². The maximum Gasteiger partial charge on any atom is 0.156 e. The van der Waals surface area contributed by atoms with E-state index in [-0.39, 0.29) is 0 Å². The van der Waals surface area contributed by atoms with E-state index in [2.05, 4.69) is 32.6 Å². The van der Waals surface area contributed by atoms with Crippen LogP contribution in [0.3, 0.4) is 0 Å². The first-order valence-electron chi connectivity index (χ1n) is 4.28. The Hall–Kier alpha value is -1.14. The summed E-state index contributed by atoms with van der Waals surface area (Å²) in [7, 11) is 0. The van der Waals surface area contributed by atoms with Crippen molar-refractivity contribution in [1.29, 1.82) is 0 Å². The van der Waals surface area contributed by atoms with E-state index in [0.29, 0.717) is 12.4 Å². The molecule has 1 aliphatic heterocycles. The molecule has 6 nitrogen and oxygen atoms in total. The summed E-state index contributed by atoms with van der Waals surface area (Å²) >= 11 is 0. The lowest BCUT2D eigenvalue weighted by Crippen LogP contribution is -2.47. The van der Waals surface area contributed by atoms with Gasteiger partial charge in [-0.25, -0.2) is 0 Å². The number of hydrazone groups is 2. The van der Waals surface area contributed by atoms with E-state index in [1.54, 1.807) is 0 Å². The van der Waals surface area contributed by atoms with Crippen LogP contribution in [0, 0.1) is 0 Å². The summed E-state index contributed by atoms with van der Waals surface area (Å²) in [6.07, 6.45) is 0. The minimum atomic E-state index is 0.650. The number of nitrogens with one attached hydrogen (secondary N) is 2. The Morgan fingerprint density at radius 2 is 2.23 bits per heavy atom. The smallest absolute Gasteiger partial charge is 0.156 e. The van der Waals surface area contributed by atoms with Crippen molar-refractivity contribution in [2.24, 2.45) is 16.0 Å². The second-order valence-electron chi connectivity index (χ2n) is 2.87. The first-order chi connectivity index (χ1) is 6.36. The van der Waals surface area contributed by atoms with Gasteiger partial charge in [0.1, 0.15) is 0 Å². The molecule has 0 spiro atoms. The lowest BCUT2D eigenvalue weighted by Gasteiger charge is -2.26. The molecule has 1 heterocycles. The Morgan fingerprint density at radius 1 is 1.54 bits per heavy atom. The van der Waals surface area contributed by atoms with E-state index in [1.807, 2.05) is 0 Å². The van der Waals surface area contributed by atoms with Crippen LogP contribution in [0.4, 0.5) is 0 Å². The molecule has 0 aromatic rings. The van der Waals surface area contributed by atoms with Gasteiger partial charge >= 0.3 is 0 Å². The van der Waals surface area contributed by atoms with Gasteiger partial charge in [-0.05, 0) is 0 Å². The quantitative estimate of drug-likeness (QED) is 0.213. The summed E-state index contributed by atoms with van der Waals surface area (Å²) in [5, 5.41) is 10.4. The molecule has 6 heteroatoms. The molecule has 1 saturated heterocycles. The highest BCUT2D eigenvalue weighted by Crippen LogP contribution is 1.91. The molecule has 0 unspecified atom stereocenters. The van der Waals surface area contributed by atoms with E-state index < -0.39 is 0 Å². The number of piperazine rings is 1. The standard InChI is InChI=1S/C7H16N6/c1-9-12-7(11-8)6-13-4-2-10-3-5-13/h10H,1-6,8H2,(H,11,12). The molecule has 0 aliphatic carbocycles. The molecule has 0 saturated carbocycles. The number of rotatable bonds is 3. The lowest BCUT2D eigenvalue weighted by molar-refractivity contribution is 0.270. The average molecular weight is 184 g/mol. The Kier molecular flexibility index (Phi) is 4.20. The van der Waals surface area contributed by atoms with Crippen LogP contribution in [-0.2, 0) is 0 Å². The zero-order valence-electron chi connectivity index (χ0n) is 7.66. The molecule has 0 bridgehead atoms. The Balaban J connectivity index is 2.31. The molecule has 4 N–H and O–H groups in total. The first-order valence-corrected chi connectivity index (χ1v) is 4.28. The van der Waals surface area contributed by atoms with Crippen molar-refractivity contribution in [2.45, 2.75) is 0 Å². The number of hydrogen-bond acceptors (Lipinski definition) is 5. The maximum absolute atomic E-state index is 5.17. The van der Waals surface area contributed by atoms with Crippen LogP contribution in [0.5, 0.6) is 0 Å². The summed E-state index contributed by atoms with van der Waals surface area (Å²) in [6, 6.07) is 0. The molecule has 0 aromatic carbocycles. The van der Waals surface area contributed by atoms with Crippen LogP contribution in [-0.4, -0.2) is 50.2 Å². The molecular formula is C7H16N6. The van der Waals surface area contributed by atoms with Crippen molar-refractivity contribution in [3.05, 3.63) is 0 Å². The van der Waals surface area contributed by atoms with Crippen LogP contribution in [0.2, 0.25) is 0 Å². The highest BCUT2D eigenvalue weighted by molar-refractivity contribution is 5.83. The number of nitrogens with zero attached hydrogens (tertiary/aromatic N) is 3. The minimum Gasteiger partial charge on any atom is -0.321 e. The molecule has 74 valence electrons. The van der Waals surface area contributed by atoms with Gasteiger partial charge in [-0.1, -0.05) is 0 Å². The normalized spacial score (nSPS) is 19.8. The van der Waals surface area contributed by atoms with Gasteiger partial charge < -0.3 is 11.2 Å². The van der Waals surface area contributed by atoms with Gasteiger partial charge in [-0.2, -0.15) is 10.2 Å². The summed E-state index contributed by atoms with van der Waals surface area (Å²) in [5.41, 5.74) is 2.66. The van der Waals surface area contributed by atoms with Gasteiger partial charge in [0.15, 0.2) is 5.84 Å². The number of hydrogen-bond donors (Lipinski definition) is 3. The fourth-order valence-electron chi connectivity index (χ4n) is 1.28. The fourth-order valence-corrected chi connectivity index (χ4v) is 1.28. The van der Waals surface area contributed by atoms with Gasteiger partial charge in [-0.3, -0.25) is 10.3 Å². The molecule has 1 aliphatic rings. The first kappa shape index (κ1) is 9.94. The van der Waals surface area contributed by atoms with Crippen LogP contribution < -0.4 is 16.6 Å². The predicted octanol–water partition coefficient (Wildman–Crippen LogP) is -1.63. The Labute approximate surface area is 77.9 Å². The maximum atomic E-state index is 5.17. The third kappa shape index (κ3) is 3.39. The molecule has 1 fully saturated rings. The zero-order valence-corrected chi connectivity index (χ0v) is 7.66. The second-order valence-corrected chi connectivity index (χ2v) is 2.87. The summed E-state index contributed by atoms with van der Waals surface area (Å²) in [6.45, 7) is 8.07.